The first-order valence-electron chi connectivity index (χ1n) is 4.82. The molecular formula is C11H6Br2FN3O. The fourth-order valence-electron chi connectivity index (χ4n) is 1.25. The highest BCUT2D eigenvalue weighted by Gasteiger charge is 2.13. The third kappa shape index (κ3) is 2.91. The molecule has 92 valence electrons. The molecule has 1 aromatic carbocycles. The minimum atomic E-state index is -0.587. The molecule has 0 aliphatic heterocycles. The molecular weight excluding hydrogens is 369 g/mol. The Bertz CT molecular complexity index is 607. The Morgan fingerprint density at radius 2 is 2.00 bits per heavy atom. The smallest absolute Gasteiger partial charge is 0.259 e. The van der Waals surface area contributed by atoms with Gasteiger partial charge in [-0.15, -0.1) is 0 Å². The summed E-state index contributed by atoms with van der Waals surface area (Å²) in [5, 5.41) is 2.47. The zero-order valence-corrected chi connectivity index (χ0v) is 12.0. The van der Waals surface area contributed by atoms with Crippen molar-refractivity contribution in [2.45, 2.75) is 0 Å². The fourth-order valence-corrected chi connectivity index (χ4v) is 2.16. The van der Waals surface area contributed by atoms with Crippen LogP contribution in [-0.2, 0) is 0 Å². The van der Waals surface area contributed by atoms with Crippen LogP contribution in [0.2, 0.25) is 0 Å². The lowest BCUT2D eigenvalue weighted by Gasteiger charge is -2.06. The normalized spacial score (nSPS) is 10.2. The predicted molar refractivity (Wildman–Crippen MR) is 71.8 cm³/mol. The second kappa shape index (κ2) is 5.53. The van der Waals surface area contributed by atoms with Gasteiger partial charge in [-0.3, -0.25) is 4.79 Å². The zero-order valence-electron chi connectivity index (χ0n) is 8.82. The summed E-state index contributed by atoms with van der Waals surface area (Å²) in [6.07, 6.45) is 1.43. The number of hydrogen-bond donors (Lipinski definition) is 1. The van der Waals surface area contributed by atoms with Gasteiger partial charge in [-0.05, 0) is 44.0 Å². The van der Waals surface area contributed by atoms with E-state index in [1.807, 2.05) is 0 Å². The van der Waals surface area contributed by atoms with Crippen molar-refractivity contribution in [2.75, 3.05) is 5.32 Å². The molecule has 1 amide bonds. The molecule has 0 fully saturated rings. The first-order valence-corrected chi connectivity index (χ1v) is 6.40. The van der Waals surface area contributed by atoms with E-state index in [1.54, 1.807) is 6.07 Å². The molecule has 1 N–H and O–H groups in total. The van der Waals surface area contributed by atoms with Crippen LogP contribution in [0.25, 0.3) is 0 Å². The second-order valence-corrected chi connectivity index (χ2v) is 4.83. The number of amides is 1. The predicted octanol–water partition coefficient (Wildman–Crippen LogP) is 3.39. The molecule has 2 aromatic rings. The average molecular weight is 375 g/mol. The van der Waals surface area contributed by atoms with Gasteiger partial charge < -0.3 is 5.32 Å². The summed E-state index contributed by atoms with van der Waals surface area (Å²) in [5.41, 5.74) is -0.0471. The molecule has 7 heteroatoms. The van der Waals surface area contributed by atoms with Gasteiger partial charge >= 0.3 is 0 Å². The highest BCUT2D eigenvalue weighted by Crippen LogP contribution is 2.20. The van der Waals surface area contributed by atoms with E-state index in [0.717, 1.165) is 0 Å². The molecule has 0 aliphatic carbocycles. The van der Waals surface area contributed by atoms with Crippen LogP contribution in [0.1, 0.15) is 10.4 Å². The van der Waals surface area contributed by atoms with E-state index in [-0.39, 0.29) is 11.4 Å². The Labute approximate surface area is 119 Å². The summed E-state index contributed by atoms with van der Waals surface area (Å²) in [6, 6.07) is 5.71. The summed E-state index contributed by atoms with van der Waals surface area (Å²) >= 11 is 6.30. The molecule has 0 radical (unpaired) electrons. The summed E-state index contributed by atoms with van der Waals surface area (Å²) in [5.74, 6) is -0.937. The standard InChI is InChI=1S/C11H6Br2FN3O/c12-8-5-15-10(9(13)16-8)17-11(18)6-3-1-2-4-7(6)14/h1-5H,(H,15,17,18). The summed E-state index contributed by atoms with van der Waals surface area (Å²) in [7, 11) is 0. The largest absolute Gasteiger partial charge is 0.304 e. The van der Waals surface area contributed by atoms with E-state index in [1.165, 1.54) is 24.4 Å². The van der Waals surface area contributed by atoms with Crippen LogP contribution in [-0.4, -0.2) is 15.9 Å². The molecule has 1 aromatic heterocycles. The van der Waals surface area contributed by atoms with Gasteiger partial charge in [0.2, 0.25) is 0 Å². The highest BCUT2D eigenvalue weighted by molar-refractivity contribution is 9.11. The lowest BCUT2D eigenvalue weighted by molar-refractivity contribution is 0.102. The highest BCUT2D eigenvalue weighted by atomic mass is 79.9. The van der Waals surface area contributed by atoms with Crippen LogP contribution in [0, 0.1) is 5.82 Å². The monoisotopic (exact) mass is 373 g/mol. The number of halogens is 3. The zero-order chi connectivity index (χ0) is 13.1. The van der Waals surface area contributed by atoms with E-state index in [4.69, 9.17) is 0 Å². The van der Waals surface area contributed by atoms with Gasteiger partial charge in [0.25, 0.3) is 5.91 Å². The van der Waals surface area contributed by atoms with E-state index >= 15 is 0 Å². The number of carbonyl (C=O) groups excluding carboxylic acids is 1. The van der Waals surface area contributed by atoms with Crippen LogP contribution in [0.3, 0.4) is 0 Å². The van der Waals surface area contributed by atoms with Gasteiger partial charge in [0.15, 0.2) is 5.82 Å². The molecule has 1 heterocycles. The Balaban J connectivity index is 2.24. The molecule has 4 nitrogen and oxygen atoms in total. The van der Waals surface area contributed by atoms with Crippen molar-refractivity contribution in [3.8, 4) is 0 Å². The van der Waals surface area contributed by atoms with Crippen molar-refractivity contribution < 1.29 is 9.18 Å². The van der Waals surface area contributed by atoms with Gasteiger partial charge in [0.05, 0.1) is 11.8 Å². The molecule has 0 saturated heterocycles. The number of benzene rings is 1. The van der Waals surface area contributed by atoms with E-state index in [2.05, 4.69) is 47.1 Å². The number of hydrogen-bond acceptors (Lipinski definition) is 3. The minimum Gasteiger partial charge on any atom is -0.304 e. The van der Waals surface area contributed by atoms with Gasteiger partial charge in [-0.1, -0.05) is 12.1 Å². The molecule has 0 spiro atoms. The maximum absolute atomic E-state index is 13.4. The molecule has 0 atom stereocenters. The number of anilines is 1. The van der Waals surface area contributed by atoms with Gasteiger partial charge in [0.1, 0.15) is 15.0 Å². The summed E-state index contributed by atoms with van der Waals surface area (Å²) < 4.78 is 14.3. The fraction of sp³-hybridized carbons (Fsp3) is 0. The number of rotatable bonds is 2. The third-order valence-corrected chi connectivity index (χ3v) is 2.99. The SMILES string of the molecule is O=C(Nc1ncc(Br)nc1Br)c1ccccc1F. The third-order valence-electron chi connectivity index (χ3n) is 2.05. The Morgan fingerprint density at radius 3 is 2.67 bits per heavy atom. The van der Waals surface area contributed by atoms with Crippen molar-refractivity contribution in [2.24, 2.45) is 0 Å². The average Bonchev–Trinajstić information content (AvgIpc) is 2.33. The maximum atomic E-state index is 13.4. The molecule has 0 aliphatic rings. The Kier molecular flexibility index (Phi) is 4.03. The topological polar surface area (TPSA) is 54.9 Å². The molecule has 2 rings (SSSR count). The van der Waals surface area contributed by atoms with Gasteiger partial charge in [0, 0.05) is 0 Å². The second-order valence-electron chi connectivity index (χ2n) is 3.27. The molecule has 0 unspecified atom stereocenters. The molecule has 0 bridgehead atoms. The number of nitrogens with zero attached hydrogens (tertiary/aromatic N) is 2. The van der Waals surface area contributed by atoms with Crippen LogP contribution in [0.5, 0.6) is 0 Å². The van der Waals surface area contributed by atoms with Crippen LogP contribution in [0.15, 0.2) is 39.7 Å². The van der Waals surface area contributed by atoms with E-state index in [0.29, 0.717) is 9.21 Å². The molecule has 18 heavy (non-hydrogen) atoms. The van der Waals surface area contributed by atoms with Crippen molar-refractivity contribution in [1.29, 1.82) is 0 Å². The Hall–Kier alpha value is -1.34. The van der Waals surface area contributed by atoms with Gasteiger partial charge in [-0.2, -0.15) is 0 Å². The lowest BCUT2D eigenvalue weighted by Crippen LogP contribution is -2.15. The maximum Gasteiger partial charge on any atom is 0.259 e. The number of aromatic nitrogens is 2. The summed E-state index contributed by atoms with van der Waals surface area (Å²) in [6.45, 7) is 0. The van der Waals surface area contributed by atoms with Crippen molar-refractivity contribution >= 4 is 43.6 Å². The molecule has 0 saturated carbocycles. The van der Waals surface area contributed by atoms with E-state index < -0.39 is 11.7 Å². The van der Waals surface area contributed by atoms with E-state index in [9.17, 15) is 9.18 Å². The van der Waals surface area contributed by atoms with Crippen LogP contribution < -0.4 is 5.32 Å². The van der Waals surface area contributed by atoms with Crippen molar-refractivity contribution in [1.82, 2.24) is 9.97 Å². The first kappa shape index (κ1) is 13.1. The van der Waals surface area contributed by atoms with Crippen molar-refractivity contribution in [3.05, 3.63) is 51.0 Å². The number of carbonyl (C=O) groups is 1. The lowest BCUT2D eigenvalue weighted by atomic mass is 10.2. The van der Waals surface area contributed by atoms with Gasteiger partial charge in [-0.25, -0.2) is 14.4 Å². The van der Waals surface area contributed by atoms with Crippen molar-refractivity contribution in [3.63, 3.8) is 0 Å². The quantitative estimate of drug-likeness (QED) is 0.876. The minimum absolute atomic E-state index is 0.0471. The van der Waals surface area contributed by atoms with Crippen LogP contribution >= 0.6 is 31.9 Å². The first-order chi connectivity index (χ1) is 8.58. The summed E-state index contributed by atoms with van der Waals surface area (Å²) in [4.78, 5) is 19.8. The Morgan fingerprint density at radius 1 is 1.28 bits per heavy atom. The number of nitrogens with one attached hydrogen (secondary N) is 1. The van der Waals surface area contributed by atoms with Crippen LogP contribution in [0.4, 0.5) is 10.2 Å².